The largest absolute Gasteiger partial charge is 0.342 e. The van der Waals surface area contributed by atoms with Gasteiger partial charge in [-0.3, -0.25) is 4.79 Å². The number of hydrogen-bond acceptors (Lipinski definition) is 4. The number of aromatic nitrogens is 4. The van der Waals surface area contributed by atoms with Gasteiger partial charge >= 0.3 is 0 Å². The topological polar surface area (TPSA) is 64.2 Å². The Morgan fingerprint density at radius 3 is 2.61 bits per heavy atom. The minimum Gasteiger partial charge on any atom is -0.342 e. The van der Waals surface area contributed by atoms with E-state index in [1.165, 1.54) is 0 Å². The molecule has 5 rings (SSSR count). The first-order chi connectivity index (χ1) is 16.1. The van der Waals surface area contributed by atoms with E-state index in [0.717, 1.165) is 45.4 Å². The average Bonchev–Trinajstić information content (AvgIpc) is 3.44. The highest BCUT2D eigenvalue weighted by Gasteiger charge is 2.18. The molecule has 3 aromatic heterocycles. The third kappa shape index (κ3) is 4.36. The molecule has 0 aliphatic rings. The SMILES string of the molecule is CCn1c(C(C)NC(=O)c2ccc(SCc3cn4ccccc4n3)cc2)nc2ccccc21. The summed E-state index contributed by atoms with van der Waals surface area (Å²) < 4.78 is 4.18. The molecule has 0 bridgehead atoms. The molecule has 6 nitrogen and oxygen atoms in total. The Morgan fingerprint density at radius 1 is 1.03 bits per heavy atom. The maximum Gasteiger partial charge on any atom is 0.251 e. The fraction of sp³-hybridized carbons (Fsp3) is 0.192. The van der Waals surface area contributed by atoms with Crippen molar-refractivity contribution < 1.29 is 4.79 Å². The van der Waals surface area contributed by atoms with Crippen molar-refractivity contribution in [1.82, 2.24) is 24.3 Å². The van der Waals surface area contributed by atoms with E-state index in [1.807, 2.05) is 78.2 Å². The smallest absolute Gasteiger partial charge is 0.251 e. The van der Waals surface area contributed by atoms with E-state index in [4.69, 9.17) is 4.98 Å². The molecule has 1 N–H and O–H groups in total. The van der Waals surface area contributed by atoms with Crippen molar-refractivity contribution in [2.75, 3.05) is 0 Å². The number of carbonyl (C=O) groups is 1. The van der Waals surface area contributed by atoms with Crippen molar-refractivity contribution in [2.45, 2.75) is 37.1 Å². The Hall–Kier alpha value is -3.58. The van der Waals surface area contributed by atoms with Crippen LogP contribution in [0.1, 0.15) is 41.8 Å². The summed E-state index contributed by atoms with van der Waals surface area (Å²) in [4.78, 5) is 23.4. The second-order valence-electron chi connectivity index (χ2n) is 7.91. The second kappa shape index (κ2) is 9.11. The van der Waals surface area contributed by atoms with Gasteiger partial charge in [0.05, 0.1) is 22.8 Å². The number of para-hydroxylation sites is 2. The summed E-state index contributed by atoms with van der Waals surface area (Å²) in [6.45, 7) is 4.87. The molecule has 1 amide bonds. The molecule has 0 saturated carbocycles. The molecule has 1 unspecified atom stereocenters. The van der Waals surface area contributed by atoms with Crippen LogP contribution in [0.3, 0.4) is 0 Å². The highest BCUT2D eigenvalue weighted by Crippen LogP contribution is 2.24. The van der Waals surface area contributed by atoms with Gasteiger partial charge in [-0.1, -0.05) is 18.2 Å². The Labute approximate surface area is 196 Å². The van der Waals surface area contributed by atoms with E-state index in [1.54, 1.807) is 11.8 Å². The van der Waals surface area contributed by atoms with Crippen LogP contribution >= 0.6 is 11.8 Å². The van der Waals surface area contributed by atoms with E-state index in [0.29, 0.717) is 5.56 Å². The highest BCUT2D eigenvalue weighted by atomic mass is 32.2. The number of thioether (sulfide) groups is 1. The minimum atomic E-state index is -0.200. The lowest BCUT2D eigenvalue weighted by Crippen LogP contribution is -2.28. The Balaban J connectivity index is 1.24. The number of pyridine rings is 1. The minimum absolute atomic E-state index is 0.103. The molecule has 0 spiro atoms. The number of benzene rings is 2. The zero-order valence-electron chi connectivity index (χ0n) is 18.6. The van der Waals surface area contributed by atoms with E-state index in [2.05, 4.69) is 34.1 Å². The van der Waals surface area contributed by atoms with Crippen LogP contribution in [0.4, 0.5) is 0 Å². The normalized spacial score (nSPS) is 12.3. The van der Waals surface area contributed by atoms with Gasteiger partial charge in [0, 0.05) is 35.2 Å². The van der Waals surface area contributed by atoms with Gasteiger partial charge in [-0.05, 0) is 62.4 Å². The van der Waals surface area contributed by atoms with Gasteiger partial charge in [-0.25, -0.2) is 9.97 Å². The summed E-state index contributed by atoms with van der Waals surface area (Å²) in [5.41, 5.74) is 4.65. The first-order valence-corrected chi connectivity index (χ1v) is 12.0. The van der Waals surface area contributed by atoms with Crippen molar-refractivity contribution in [1.29, 1.82) is 0 Å². The van der Waals surface area contributed by atoms with Crippen LogP contribution in [0.2, 0.25) is 0 Å². The summed E-state index contributed by atoms with van der Waals surface area (Å²) in [5, 5.41) is 3.10. The molecule has 0 aliphatic heterocycles. The third-order valence-electron chi connectivity index (χ3n) is 5.65. The Kier molecular flexibility index (Phi) is 5.88. The van der Waals surface area contributed by atoms with E-state index in [-0.39, 0.29) is 11.9 Å². The van der Waals surface area contributed by atoms with Crippen molar-refractivity contribution >= 4 is 34.3 Å². The van der Waals surface area contributed by atoms with Gasteiger partial charge < -0.3 is 14.3 Å². The number of carbonyl (C=O) groups excluding carboxylic acids is 1. The number of imidazole rings is 2. The van der Waals surface area contributed by atoms with E-state index >= 15 is 0 Å². The fourth-order valence-electron chi connectivity index (χ4n) is 4.02. The molecule has 0 aliphatic carbocycles. The number of nitrogens with zero attached hydrogens (tertiary/aromatic N) is 4. The lowest BCUT2D eigenvalue weighted by Gasteiger charge is -2.15. The molecule has 7 heteroatoms. The molecule has 0 saturated heterocycles. The number of fused-ring (bicyclic) bond motifs is 2. The fourth-order valence-corrected chi connectivity index (χ4v) is 4.80. The molecule has 0 fully saturated rings. The van der Waals surface area contributed by atoms with Crippen molar-refractivity contribution in [2.24, 2.45) is 0 Å². The predicted octanol–water partition coefficient (Wildman–Crippen LogP) is 5.49. The first-order valence-electron chi connectivity index (χ1n) is 11.0. The van der Waals surface area contributed by atoms with Gasteiger partial charge in [-0.15, -0.1) is 11.8 Å². The van der Waals surface area contributed by atoms with Crippen LogP contribution < -0.4 is 5.32 Å². The number of amides is 1. The quantitative estimate of drug-likeness (QED) is 0.330. The molecular weight excluding hydrogens is 430 g/mol. The summed E-state index contributed by atoms with van der Waals surface area (Å²) in [7, 11) is 0. The van der Waals surface area contributed by atoms with Crippen LogP contribution in [-0.4, -0.2) is 24.8 Å². The van der Waals surface area contributed by atoms with Gasteiger partial charge in [-0.2, -0.15) is 0 Å². The molecular formula is C26H25N5OS. The molecule has 2 aromatic carbocycles. The van der Waals surface area contributed by atoms with Crippen molar-refractivity contribution in [3.63, 3.8) is 0 Å². The number of rotatable bonds is 7. The lowest BCUT2D eigenvalue weighted by atomic mass is 10.2. The second-order valence-corrected chi connectivity index (χ2v) is 8.96. The maximum atomic E-state index is 12.9. The number of nitrogens with one attached hydrogen (secondary N) is 1. The van der Waals surface area contributed by atoms with Crippen LogP contribution in [-0.2, 0) is 12.3 Å². The van der Waals surface area contributed by atoms with Crippen molar-refractivity contribution in [3.8, 4) is 0 Å². The van der Waals surface area contributed by atoms with E-state index < -0.39 is 0 Å². The van der Waals surface area contributed by atoms with Crippen molar-refractivity contribution in [3.05, 3.63) is 96.2 Å². The zero-order valence-corrected chi connectivity index (χ0v) is 19.4. The highest BCUT2D eigenvalue weighted by molar-refractivity contribution is 7.98. The monoisotopic (exact) mass is 455 g/mol. The Bertz CT molecular complexity index is 1390. The first kappa shape index (κ1) is 21.3. The Morgan fingerprint density at radius 2 is 1.82 bits per heavy atom. The van der Waals surface area contributed by atoms with Gasteiger partial charge in [0.1, 0.15) is 11.5 Å². The molecule has 1 atom stereocenters. The summed E-state index contributed by atoms with van der Waals surface area (Å²) in [6.07, 6.45) is 4.05. The average molecular weight is 456 g/mol. The standard InChI is InChI=1S/C26H25N5OS/c1-3-31-23-9-5-4-8-22(23)29-25(31)18(2)27-26(32)19-11-13-21(14-12-19)33-17-20-16-30-15-7-6-10-24(30)28-20/h4-16,18H,3,17H2,1-2H3,(H,27,32). The number of hydrogen-bond donors (Lipinski definition) is 1. The summed E-state index contributed by atoms with van der Waals surface area (Å²) >= 11 is 1.71. The lowest BCUT2D eigenvalue weighted by molar-refractivity contribution is 0.0937. The van der Waals surface area contributed by atoms with Crippen LogP contribution in [0.15, 0.2) is 84.0 Å². The molecule has 0 radical (unpaired) electrons. The van der Waals surface area contributed by atoms with Gasteiger partial charge in [0.25, 0.3) is 5.91 Å². The van der Waals surface area contributed by atoms with Gasteiger partial charge in [0.2, 0.25) is 0 Å². The summed E-state index contributed by atoms with van der Waals surface area (Å²) in [6, 6.07) is 21.6. The van der Waals surface area contributed by atoms with Gasteiger partial charge in [0.15, 0.2) is 0 Å². The molecule has 5 aromatic rings. The van der Waals surface area contributed by atoms with Crippen LogP contribution in [0.5, 0.6) is 0 Å². The van der Waals surface area contributed by atoms with E-state index in [9.17, 15) is 4.79 Å². The summed E-state index contributed by atoms with van der Waals surface area (Å²) in [5.74, 6) is 1.54. The molecule has 3 heterocycles. The zero-order chi connectivity index (χ0) is 22.8. The molecule has 33 heavy (non-hydrogen) atoms. The molecule has 166 valence electrons. The van der Waals surface area contributed by atoms with Crippen LogP contribution in [0.25, 0.3) is 16.7 Å². The number of aryl methyl sites for hydroxylation is 1. The van der Waals surface area contributed by atoms with Crippen LogP contribution in [0, 0.1) is 0 Å². The third-order valence-corrected chi connectivity index (χ3v) is 6.70. The maximum absolute atomic E-state index is 12.9. The predicted molar refractivity (Wildman–Crippen MR) is 132 cm³/mol.